The number of halogens is 1. The SMILES string of the molecule is C=CCNC(=O)[C@H](C)Oc1cccc(Br)c1. The molecule has 0 aliphatic rings. The van der Waals surface area contributed by atoms with E-state index in [-0.39, 0.29) is 5.91 Å². The molecule has 0 saturated carbocycles. The van der Waals surface area contributed by atoms with E-state index in [1.807, 2.05) is 24.3 Å². The highest BCUT2D eigenvalue weighted by Gasteiger charge is 2.13. The highest BCUT2D eigenvalue weighted by Crippen LogP contribution is 2.18. The first-order chi connectivity index (χ1) is 7.63. The Bertz CT molecular complexity index is 379. The summed E-state index contributed by atoms with van der Waals surface area (Å²) in [4.78, 5) is 11.5. The summed E-state index contributed by atoms with van der Waals surface area (Å²) >= 11 is 3.34. The molecule has 1 atom stereocenters. The van der Waals surface area contributed by atoms with Gasteiger partial charge in [-0.3, -0.25) is 4.79 Å². The van der Waals surface area contributed by atoms with Crippen LogP contribution in [0.4, 0.5) is 0 Å². The molecule has 0 heterocycles. The van der Waals surface area contributed by atoms with Gasteiger partial charge in [-0.25, -0.2) is 0 Å². The summed E-state index contributed by atoms with van der Waals surface area (Å²) in [5.74, 6) is 0.510. The zero-order valence-electron chi connectivity index (χ0n) is 9.07. The predicted molar refractivity (Wildman–Crippen MR) is 67.4 cm³/mol. The van der Waals surface area contributed by atoms with Gasteiger partial charge in [0.15, 0.2) is 6.10 Å². The highest BCUT2D eigenvalue weighted by molar-refractivity contribution is 9.10. The molecule has 0 aliphatic carbocycles. The molecule has 4 heteroatoms. The number of carbonyl (C=O) groups is 1. The molecule has 0 saturated heterocycles. The number of benzene rings is 1. The van der Waals surface area contributed by atoms with Crippen molar-refractivity contribution in [1.82, 2.24) is 5.32 Å². The maximum absolute atomic E-state index is 11.5. The van der Waals surface area contributed by atoms with E-state index in [2.05, 4.69) is 27.8 Å². The maximum atomic E-state index is 11.5. The fourth-order valence-corrected chi connectivity index (χ4v) is 1.49. The number of rotatable bonds is 5. The maximum Gasteiger partial charge on any atom is 0.261 e. The largest absolute Gasteiger partial charge is 0.481 e. The summed E-state index contributed by atoms with van der Waals surface area (Å²) in [6, 6.07) is 7.38. The van der Waals surface area contributed by atoms with E-state index in [1.165, 1.54) is 0 Å². The fourth-order valence-electron chi connectivity index (χ4n) is 1.11. The molecule has 0 radical (unpaired) electrons. The lowest BCUT2D eigenvalue weighted by Crippen LogP contribution is -2.36. The van der Waals surface area contributed by atoms with Crippen LogP contribution in [0.1, 0.15) is 6.92 Å². The summed E-state index contributed by atoms with van der Waals surface area (Å²) in [7, 11) is 0. The lowest BCUT2D eigenvalue weighted by atomic mass is 10.3. The zero-order valence-corrected chi connectivity index (χ0v) is 10.7. The Morgan fingerprint density at radius 3 is 3.06 bits per heavy atom. The average Bonchev–Trinajstić information content (AvgIpc) is 2.25. The van der Waals surface area contributed by atoms with Crippen LogP contribution in [0.3, 0.4) is 0 Å². The van der Waals surface area contributed by atoms with Gasteiger partial charge in [-0.1, -0.05) is 28.1 Å². The van der Waals surface area contributed by atoms with E-state index < -0.39 is 6.10 Å². The van der Waals surface area contributed by atoms with Crippen LogP contribution in [0.5, 0.6) is 5.75 Å². The van der Waals surface area contributed by atoms with E-state index in [4.69, 9.17) is 4.74 Å². The Morgan fingerprint density at radius 1 is 1.69 bits per heavy atom. The van der Waals surface area contributed by atoms with Crippen LogP contribution in [0.2, 0.25) is 0 Å². The van der Waals surface area contributed by atoms with Crippen molar-refractivity contribution >= 4 is 21.8 Å². The number of carbonyl (C=O) groups excluding carboxylic acids is 1. The fraction of sp³-hybridized carbons (Fsp3) is 0.250. The number of hydrogen-bond donors (Lipinski definition) is 1. The van der Waals surface area contributed by atoms with Gasteiger partial charge >= 0.3 is 0 Å². The van der Waals surface area contributed by atoms with Crippen molar-refractivity contribution in [3.63, 3.8) is 0 Å². The van der Waals surface area contributed by atoms with Crippen LogP contribution in [-0.4, -0.2) is 18.6 Å². The van der Waals surface area contributed by atoms with E-state index in [1.54, 1.807) is 13.0 Å². The third-order valence-electron chi connectivity index (χ3n) is 1.90. The molecule has 0 fully saturated rings. The number of nitrogens with one attached hydrogen (secondary N) is 1. The molecule has 0 spiro atoms. The minimum atomic E-state index is -0.519. The molecular weight excluding hydrogens is 270 g/mol. The molecule has 1 amide bonds. The lowest BCUT2D eigenvalue weighted by molar-refractivity contribution is -0.127. The summed E-state index contributed by atoms with van der Waals surface area (Å²) < 4.78 is 6.40. The molecule has 1 aromatic carbocycles. The quantitative estimate of drug-likeness (QED) is 0.844. The third-order valence-corrected chi connectivity index (χ3v) is 2.39. The van der Waals surface area contributed by atoms with Crippen LogP contribution >= 0.6 is 15.9 Å². The Labute approximate surface area is 104 Å². The monoisotopic (exact) mass is 283 g/mol. The minimum Gasteiger partial charge on any atom is -0.481 e. The van der Waals surface area contributed by atoms with Crippen molar-refractivity contribution in [3.8, 4) is 5.75 Å². The predicted octanol–water partition coefficient (Wildman–Crippen LogP) is 2.52. The second-order valence-corrected chi connectivity index (χ2v) is 4.17. The van der Waals surface area contributed by atoms with Gasteiger partial charge in [0, 0.05) is 11.0 Å². The van der Waals surface area contributed by atoms with Gasteiger partial charge in [-0.15, -0.1) is 6.58 Å². The lowest BCUT2D eigenvalue weighted by Gasteiger charge is -2.14. The number of ether oxygens (including phenoxy) is 1. The molecule has 0 unspecified atom stereocenters. The summed E-state index contributed by atoms with van der Waals surface area (Å²) in [6.45, 7) is 5.68. The van der Waals surface area contributed by atoms with Gasteiger partial charge < -0.3 is 10.1 Å². The second-order valence-electron chi connectivity index (χ2n) is 3.25. The summed E-state index contributed by atoms with van der Waals surface area (Å²) in [6.07, 6.45) is 1.11. The molecule has 0 aromatic heterocycles. The molecular formula is C12H14BrNO2. The van der Waals surface area contributed by atoms with Crippen LogP contribution in [0.25, 0.3) is 0 Å². The Morgan fingerprint density at radius 2 is 2.44 bits per heavy atom. The normalized spacial score (nSPS) is 11.6. The van der Waals surface area contributed by atoms with Gasteiger partial charge in [-0.2, -0.15) is 0 Å². The van der Waals surface area contributed by atoms with Crippen molar-refractivity contribution in [1.29, 1.82) is 0 Å². The Hall–Kier alpha value is -1.29. The molecule has 1 rings (SSSR count). The second kappa shape index (κ2) is 6.33. The van der Waals surface area contributed by atoms with Crippen molar-refractivity contribution in [2.75, 3.05) is 6.54 Å². The average molecular weight is 284 g/mol. The van der Waals surface area contributed by atoms with Crippen molar-refractivity contribution in [2.24, 2.45) is 0 Å². The standard InChI is InChI=1S/C12H14BrNO2/c1-3-7-14-12(15)9(2)16-11-6-4-5-10(13)8-11/h3-6,8-9H,1,7H2,2H3,(H,14,15)/t9-/m0/s1. The molecule has 0 aliphatic heterocycles. The van der Waals surface area contributed by atoms with Gasteiger partial charge in [0.05, 0.1) is 0 Å². The highest BCUT2D eigenvalue weighted by atomic mass is 79.9. The Kier molecular flexibility index (Phi) is 5.05. The van der Waals surface area contributed by atoms with Gasteiger partial charge in [0.2, 0.25) is 0 Å². The van der Waals surface area contributed by atoms with Gasteiger partial charge in [-0.05, 0) is 25.1 Å². The van der Waals surface area contributed by atoms with Crippen molar-refractivity contribution in [2.45, 2.75) is 13.0 Å². The molecule has 1 aromatic rings. The van der Waals surface area contributed by atoms with E-state index in [9.17, 15) is 4.79 Å². The van der Waals surface area contributed by atoms with Gasteiger partial charge in [0.1, 0.15) is 5.75 Å². The summed E-state index contributed by atoms with van der Waals surface area (Å²) in [5, 5.41) is 2.67. The van der Waals surface area contributed by atoms with Crippen LogP contribution < -0.4 is 10.1 Å². The van der Waals surface area contributed by atoms with E-state index in [0.717, 1.165) is 4.47 Å². The minimum absolute atomic E-state index is 0.153. The van der Waals surface area contributed by atoms with E-state index in [0.29, 0.717) is 12.3 Å². The van der Waals surface area contributed by atoms with Crippen molar-refractivity contribution in [3.05, 3.63) is 41.4 Å². The van der Waals surface area contributed by atoms with Crippen LogP contribution in [-0.2, 0) is 4.79 Å². The van der Waals surface area contributed by atoms with Gasteiger partial charge in [0.25, 0.3) is 5.91 Å². The summed E-state index contributed by atoms with van der Waals surface area (Å²) in [5.41, 5.74) is 0. The van der Waals surface area contributed by atoms with Crippen LogP contribution in [0.15, 0.2) is 41.4 Å². The first kappa shape index (κ1) is 12.8. The molecule has 1 N–H and O–H groups in total. The number of amides is 1. The first-order valence-electron chi connectivity index (χ1n) is 4.94. The molecule has 16 heavy (non-hydrogen) atoms. The zero-order chi connectivity index (χ0) is 12.0. The smallest absolute Gasteiger partial charge is 0.261 e. The Balaban J connectivity index is 2.53. The molecule has 0 bridgehead atoms. The first-order valence-corrected chi connectivity index (χ1v) is 5.73. The topological polar surface area (TPSA) is 38.3 Å². The van der Waals surface area contributed by atoms with Crippen LogP contribution in [0, 0.1) is 0 Å². The number of hydrogen-bond acceptors (Lipinski definition) is 2. The third kappa shape index (κ3) is 4.06. The molecule has 86 valence electrons. The van der Waals surface area contributed by atoms with E-state index >= 15 is 0 Å². The molecule has 3 nitrogen and oxygen atoms in total. The van der Waals surface area contributed by atoms with Crippen molar-refractivity contribution < 1.29 is 9.53 Å².